The van der Waals surface area contributed by atoms with Crippen LogP contribution in [-0.4, -0.2) is 29.4 Å². The molecule has 0 radical (unpaired) electrons. The summed E-state index contributed by atoms with van der Waals surface area (Å²) in [5, 5.41) is 9.02. The second kappa shape index (κ2) is 22.7. The molecule has 0 aromatic heterocycles. The molecule has 0 aromatic carbocycles. The van der Waals surface area contributed by atoms with Gasteiger partial charge < -0.3 is 9.66 Å². The van der Waals surface area contributed by atoms with Gasteiger partial charge in [0.25, 0.3) is 0 Å². The van der Waals surface area contributed by atoms with Crippen molar-refractivity contribution >= 4 is 10.1 Å². The Kier molecular flexibility index (Phi) is 25.6. The maximum atomic E-state index is 11.3. The van der Waals surface area contributed by atoms with Crippen LogP contribution in [-0.2, 0) is 10.1 Å². The minimum atomic E-state index is -4.12. The van der Waals surface area contributed by atoms with Crippen LogP contribution in [0, 0.1) is 0 Å². The normalized spacial score (nSPS) is 13.8. The van der Waals surface area contributed by atoms with Crippen LogP contribution in [0.25, 0.3) is 0 Å². The van der Waals surface area contributed by atoms with Crippen LogP contribution in [0.5, 0.6) is 0 Å². The molecular formula is C23H47KO4S. The standard InChI is InChI=1S/C23H48O4S.K/c1-3-5-20-23(28(25,26)27)21-17-15-13-11-9-7-6-8-10-12-14-16-19-22(24)18-4-2;/h22-24H,3-21H2,1-2H3,(H,25,26,27);/q;+1/p-1. The maximum Gasteiger partial charge on any atom is 1.00 e. The number of unbranched alkanes of at least 4 members (excludes halogenated alkanes) is 12. The van der Waals surface area contributed by atoms with Crippen molar-refractivity contribution in [3.05, 3.63) is 0 Å². The Morgan fingerprint density at radius 3 is 1.38 bits per heavy atom. The van der Waals surface area contributed by atoms with Crippen molar-refractivity contribution in [1.29, 1.82) is 0 Å². The van der Waals surface area contributed by atoms with Gasteiger partial charge in [0, 0.05) is 5.25 Å². The molecule has 0 rings (SSSR count). The molecule has 0 heterocycles. The van der Waals surface area contributed by atoms with Crippen LogP contribution in [0.2, 0.25) is 0 Å². The summed E-state index contributed by atoms with van der Waals surface area (Å²) in [4.78, 5) is 0. The van der Waals surface area contributed by atoms with Gasteiger partial charge in [0.05, 0.1) is 16.2 Å². The van der Waals surface area contributed by atoms with E-state index in [0.29, 0.717) is 12.8 Å². The third kappa shape index (κ3) is 22.5. The van der Waals surface area contributed by atoms with Crippen LogP contribution in [0.3, 0.4) is 0 Å². The molecule has 0 fully saturated rings. The van der Waals surface area contributed by atoms with Crippen LogP contribution < -0.4 is 51.4 Å². The summed E-state index contributed by atoms with van der Waals surface area (Å²) in [7, 11) is -4.12. The van der Waals surface area contributed by atoms with Crippen molar-refractivity contribution in [2.24, 2.45) is 0 Å². The van der Waals surface area contributed by atoms with E-state index in [-0.39, 0.29) is 57.5 Å². The average molecular weight is 459 g/mol. The first-order valence-electron chi connectivity index (χ1n) is 12.0. The number of aliphatic hydroxyl groups excluding tert-OH is 1. The molecule has 170 valence electrons. The summed E-state index contributed by atoms with van der Waals surface area (Å²) in [6.45, 7) is 4.14. The maximum absolute atomic E-state index is 11.3. The largest absolute Gasteiger partial charge is 1.00 e. The summed E-state index contributed by atoms with van der Waals surface area (Å²) in [6.07, 6.45) is 20.2. The minimum absolute atomic E-state index is 0. The van der Waals surface area contributed by atoms with Gasteiger partial charge >= 0.3 is 51.4 Å². The molecule has 0 saturated heterocycles. The fourth-order valence-corrected chi connectivity index (χ4v) is 4.77. The predicted molar refractivity (Wildman–Crippen MR) is 119 cm³/mol. The van der Waals surface area contributed by atoms with E-state index in [0.717, 1.165) is 57.8 Å². The zero-order valence-corrected chi connectivity index (χ0v) is 23.6. The molecule has 0 aliphatic rings. The van der Waals surface area contributed by atoms with Crippen LogP contribution in [0.1, 0.15) is 136 Å². The van der Waals surface area contributed by atoms with Crippen molar-refractivity contribution in [1.82, 2.24) is 0 Å². The van der Waals surface area contributed by atoms with Crippen molar-refractivity contribution in [3.8, 4) is 0 Å². The smallest absolute Gasteiger partial charge is 0.748 e. The van der Waals surface area contributed by atoms with E-state index in [1.807, 2.05) is 6.92 Å². The average Bonchev–Trinajstić information content (AvgIpc) is 2.63. The molecule has 2 unspecified atom stereocenters. The van der Waals surface area contributed by atoms with Crippen LogP contribution in [0.15, 0.2) is 0 Å². The molecule has 0 aliphatic carbocycles. The molecule has 6 heteroatoms. The first-order valence-corrected chi connectivity index (χ1v) is 13.5. The molecule has 0 bridgehead atoms. The van der Waals surface area contributed by atoms with E-state index in [4.69, 9.17) is 0 Å². The van der Waals surface area contributed by atoms with E-state index in [1.165, 1.54) is 51.4 Å². The Morgan fingerprint density at radius 1 is 0.621 bits per heavy atom. The molecule has 4 nitrogen and oxygen atoms in total. The number of hydrogen-bond acceptors (Lipinski definition) is 4. The Bertz CT molecular complexity index is 429. The summed E-state index contributed by atoms with van der Waals surface area (Å²) in [5.41, 5.74) is 0. The van der Waals surface area contributed by atoms with Crippen LogP contribution >= 0.6 is 0 Å². The zero-order chi connectivity index (χ0) is 21.1. The number of aliphatic hydroxyl groups is 1. The fourth-order valence-electron chi connectivity index (χ4n) is 3.86. The zero-order valence-electron chi connectivity index (χ0n) is 19.7. The monoisotopic (exact) mass is 458 g/mol. The van der Waals surface area contributed by atoms with E-state index in [1.54, 1.807) is 0 Å². The number of hydrogen-bond donors (Lipinski definition) is 1. The summed E-state index contributed by atoms with van der Waals surface area (Å²) < 4.78 is 33.8. The SMILES string of the molecule is CCCCC(CCCCCCCCCCCCCCC(O)CCC)S(=O)(=O)[O-].[K+]. The fraction of sp³-hybridized carbons (Fsp3) is 1.00. The second-order valence-electron chi connectivity index (χ2n) is 8.52. The summed E-state index contributed by atoms with van der Waals surface area (Å²) >= 11 is 0. The quantitative estimate of drug-likeness (QED) is 0.162. The van der Waals surface area contributed by atoms with Crippen LogP contribution in [0.4, 0.5) is 0 Å². The van der Waals surface area contributed by atoms with E-state index < -0.39 is 15.4 Å². The van der Waals surface area contributed by atoms with Gasteiger partial charge in [-0.05, 0) is 25.7 Å². The van der Waals surface area contributed by atoms with Gasteiger partial charge in [0.2, 0.25) is 0 Å². The molecule has 0 aliphatic heterocycles. The number of rotatable bonds is 21. The van der Waals surface area contributed by atoms with Crippen molar-refractivity contribution in [3.63, 3.8) is 0 Å². The molecule has 2 atom stereocenters. The van der Waals surface area contributed by atoms with E-state index in [2.05, 4.69) is 6.92 Å². The van der Waals surface area contributed by atoms with Gasteiger partial charge in [-0.15, -0.1) is 0 Å². The van der Waals surface area contributed by atoms with Gasteiger partial charge in [-0.25, -0.2) is 8.42 Å². The van der Waals surface area contributed by atoms with Gasteiger partial charge in [-0.2, -0.15) is 0 Å². The Hall–Kier alpha value is 1.51. The molecule has 29 heavy (non-hydrogen) atoms. The van der Waals surface area contributed by atoms with Crippen molar-refractivity contribution in [2.75, 3.05) is 0 Å². The Morgan fingerprint density at radius 2 is 1.00 bits per heavy atom. The van der Waals surface area contributed by atoms with Gasteiger partial charge in [-0.3, -0.25) is 0 Å². The minimum Gasteiger partial charge on any atom is -0.748 e. The Labute approximate surface area is 224 Å². The molecule has 1 N–H and O–H groups in total. The summed E-state index contributed by atoms with van der Waals surface area (Å²) in [5.74, 6) is 0. The molecule has 0 saturated carbocycles. The predicted octanol–water partition coefficient (Wildman–Crippen LogP) is 3.72. The topological polar surface area (TPSA) is 77.4 Å². The van der Waals surface area contributed by atoms with Crippen molar-refractivity contribution in [2.45, 2.75) is 147 Å². The molecular weight excluding hydrogens is 411 g/mol. The molecule has 0 amide bonds. The van der Waals surface area contributed by atoms with Gasteiger partial charge in [0.1, 0.15) is 0 Å². The third-order valence-electron chi connectivity index (χ3n) is 5.72. The third-order valence-corrected chi connectivity index (χ3v) is 7.01. The second-order valence-corrected chi connectivity index (χ2v) is 10.2. The van der Waals surface area contributed by atoms with E-state index >= 15 is 0 Å². The Balaban J connectivity index is 0. The van der Waals surface area contributed by atoms with Gasteiger partial charge in [-0.1, -0.05) is 110 Å². The first-order chi connectivity index (χ1) is 13.4. The molecule has 0 aromatic rings. The molecule has 0 spiro atoms. The summed E-state index contributed by atoms with van der Waals surface area (Å²) in [6, 6.07) is 0. The van der Waals surface area contributed by atoms with E-state index in [9.17, 15) is 18.1 Å². The first kappa shape index (κ1) is 32.7. The van der Waals surface area contributed by atoms with Gasteiger partial charge in [0.15, 0.2) is 0 Å². The van der Waals surface area contributed by atoms with Crippen molar-refractivity contribution < 1.29 is 69.5 Å².